The van der Waals surface area contributed by atoms with Gasteiger partial charge in [0.25, 0.3) is 0 Å². The van der Waals surface area contributed by atoms with Gasteiger partial charge >= 0.3 is 0 Å². The van der Waals surface area contributed by atoms with E-state index in [-0.39, 0.29) is 11.6 Å². The number of carbonyl (C=O) groups is 1. The number of rotatable bonds is 3. The summed E-state index contributed by atoms with van der Waals surface area (Å²) in [6, 6.07) is 6.38. The van der Waals surface area contributed by atoms with E-state index in [2.05, 4.69) is 10.3 Å². The van der Waals surface area contributed by atoms with Gasteiger partial charge in [-0.15, -0.1) is 0 Å². The van der Waals surface area contributed by atoms with Crippen molar-refractivity contribution in [2.45, 2.75) is 6.92 Å². The first kappa shape index (κ1) is 11.7. The molecule has 0 aliphatic carbocycles. The van der Waals surface area contributed by atoms with Crippen LogP contribution in [0.3, 0.4) is 0 Å². The molecule has 0 saturated heterocycles. The van der Waals surface area contributed by atoms with Crippen molar-refractivity contribution < 1.29 is 9.18 Å². The van der Waals surface area contributed by atoms with Crippen molar-refractivity contribution in [3.05, 3.63) is 35.8 Å². The number of aromatic nitrogens is 1. The number of Topliss-reactive ketones (excluding diaryl/α,β-unsaturated/α-hetero) is 1. The van der Waals surface area contributed by atoms with Gasteiger partial charge in [-0.2, -0.15) is 0 Å². The van der Waals surface area contributed by atoms with Gasteiger partial charge in [-0.05, 0) is 6.07 Å². The van der Waals surface area contributed by atoms with Crippen LogP contribution < -0.4 is 5.32 Å². The summed E-state index contributed by atoms with van der Waals surface area (Å²) in [7, 11) is 1.72. The molecule has 1 aromatic carbocycles. The van der Waals surface area contributed by atoms with Crippen LogP contribution in [0.25, 0.3) is 10.4 Å². The largest absolute Gasteiger partial charge is 0.365 e. The van der Waals surface area contributed by atoms with Crippen LogP contribution in [0.2, 0.25) is 0 Å². The normalized spacial score (nSPS) is 10.3. The first-order chi connectivity index (χ1) is 8.13. The van der Waals surface area contributed by atoms with E-state index < -0.39 is 0 Å². The molecule has 0 fully saturated rings. The molecule has 5 heteroatoms. The molecule has 0 atom stereocenters. The molecule has 0 radical (unpaired) electrons. The molecule has 0 spiro atoms. The van der Waals surface area contributed by atoms with E-state index in [9.17, 15) is 9.18 Å². The Hall–Kier alpha value is -1.75. The Kier molecular flexibility index (Phi) is 3.19. The lowest BCUT2D eigenvalue weighted by atomic mass is 10.1. The Labute approximate surface area is 102 Å². The first-order valence-electron chi connectivity index (χ1n) is 5.08. The number of ketones is 1. The fourth-order valence-corrected chi connectivity index (χ4v) is 2.49. The molecule has 3 nitrogen and oxygen atoms in total. The SMILES string of the molecule is CNc1nc(C(C)=O)c(-c2ccccc2F)s1. The van der Waals surface area contributed by atoms with Crippen molar-refractivity contribution in [2.24, 2.45) is 0 Å². The second-order valence-electron chi connectivity index (χ2n) is 3.48. The highest BCUT2D eigenvalue weighted by Gasteiger charge is 2.18. The molecule has 0 aliphatic rings. The van der Waals surface area contributed by atoms with Crippen molar-refractivity contribution in [2.75, 3.05) is 12.4 Å². The van der Waals surface area contributed by atoms with Gasteiger partial charge in [0, 0.05) is 19.5 Å². The van der Waals surface area contributed by atoms with E-state index in [1.54, 1.807) is 25.2 Å². The second-order valence-corrected chi connectivity index (χ2v) is 4.48. The predicted octanol–water partition coefficient (Wildman–Crippen LogP) is 3.19. The summed E-state index contributed by atoms with van der Waals surface area (Å²) in [6.07, 6.45) is 0. The second kappa shape index (κ2) is 4.63. The van der Waals surface area contributed by atoms with Crippen molar-refractivity contribution in [3.8, 4) is 10.4 Å². The number of halogens is 1. The zero-order chi connectivity index (χ0) is 12.4. The number of carbonyl (C=O) groups excluding carboxylic acids is 1. The lowest BCUT2D eigenvalue weighted by molar-refractivity contribution is 0.101. The Balaban J connectivity index is 2.62. The summed E-state index contributed by atoms with van der Waals surface area (Å²) in [5, 5.41) is 3.47. The van der Waals surface area contributed by atoms with E-state index in [0.717, 1.165) is 0 Å². The van der Waals surface area contributed by atoms with Crippen LogP contribution >= 0.6 is 11.3 Å². The molecular formula is C12H11FN2OS. The van der Waals surface area contributed by atoms with Crippen LogP contribution in [-0.2, 0) is 0 Å². The van der Waals surface area contributed by atoms with Gasteiger partial charge in [-0.1, -0.05) is 29.5 Å². The minimum absolute atomic E-state index is 0.166. The van der Waals surface area contributed by atoms with E-state index in [4.69, 9.17) is 0 Å². The molecule has 2 aromatic rings. The van der Waals surface area contributed by atoms with Gasteiger partial charge < -0.3 is 5.32 Å². The molecule has 1 N–H and O–H groups in total. The van der Waals surface area contributed by atoms with E-state index >= 15 is 0 Å². The van der Waals surface area contributed by atoms with E-state index in [1.165, 1.54) is 24.3 Å². The van der Waals surface area contributed by atoms with Crippen molar-refractivity contribution in [1.82, 2.24) is 4.98 Å². The summed E-state index contributed by atoms with van der Waals surface area (Å²) in [6.45, 7) is 1.43. The Morgan fingerprint density at radius 2 is 2.12 bits per heavy atom. The fourth-order valence-electron chi connectivity index (χ4n) is 1.49. The summed E-state index contributed by atoms with van der Waals surface area (Å²) in [4.78, 5) is 16.2. The molecular weight excluding hydrogens is 239 g/mol. The average Bonchev–Trinajstić information content (AvgIpc) is 2.73. The average molecular weight is 250 g/mol. The van der Waals surface area contributed by atoms with Gasteiger partial charge in [-0.3, -0.25) is 4.79 Å². The highest BCUT2D eigenvalue weighted by Crippen LogP contribution is 2.34. The van der Waals surface area contributed by atoms with Crippen molar-refractivity contribution in [1.29, 1.82) is 0 Å². The van der Waals surface area contributed by atoms with Crippen molar-refractivity contribution in [3.63, 3.8) is 0 Å². The molecule has 0 saturated carbocycles. The van der Waals surface area contributed by atoms with Crippen LogP contribution in [0.4, 0.5) is 9.52 Å². The van der Waals surface area contributed by atoms with Gasteiger partial charge in [0.1, 0.15) is 11.5 Å². The number of hydrogen-bond acceptors (Lipinski definition) is 4. The van der Waals surface area contributed by atoms with Gasteiger partial charge in [0.15, 0.2) is 10.9 Å². The molecule has 1 heterocycles. The van der Waals surface area contributed by atoms with Gasteiger partial charge in [0.2, 0.25) is 0 Å². The summed E-state index contributed by atoms with van der Waals surface area (Å²) >= 11 is 1.27. The minimum atomic E-state index is -0.346. The monoisotopic (exact) mass is 250 g/mol. The zero-order valence-electron chi connectivity index (χ0n) is 9.45. The summed E-state index contributed by atoms with van der Waals surface area (Å²) < 4.78 is 13.7. The number of nitrogens with one attached hydrogen (secondary N) is 1. The minimum Gasteiger partial charge on any atom is -0.365 e. The molecule has 0 unspecified atom stereocenters. The Morgan fingerprint density at radius 3 is 2.71 bits per heavy atom. The van der Waals surface area contributed by atoms with Crippen LogP contribution in [0, 0.1) is 5.82 Å². The summed E-state index contributed by atoms with van der Waals surface area (Å²) in [5.74, 6) is -0.512. The van der Waals surface area contributed by atoms with E-state index in [1.807, 2.05) is 0 Å². The fraction of sp³-hybridized carbons (Fsp3) is 0.167. The zero-order valence-corrected chi connectivity index (χ0v) is 10.3. The quantitative estimate of drug-likeness (QED) is 0.851. The molecule has 88 valence electrons. The third-order valence-electron chi connectivity index (χ3n) is 2.29. The van der Waals surface area contributed by atoms with Crippen LogP contribution in [0.5, 0.6) is 0 Å². The number of nitrogens with zero attached hydrogens (tertiary/aromatic N) is 1. The molecule has 0 amide bonds. The molecule has 1 aromatic heterocycles. The third-order valence-corrected chi connectivity index (χ3v) is 3.40. The number of thiazole rings is 1. The molecule has 17 heavy (non-hydrogen) atoms. The molecule has 2 rings (SSSR count). The number of anilines is 1. The smallest absolute Gasteiger partial charge is 0.183 e. The third kappa shape index (κ3) is 2.19. The van der Waals surface area contributed by atoms with Gasteiger partial charge in [0.05, 0.1) is 4.88 Å². The lowest BCUT2D eigenvalue weighted by Crippen LogP contribution is -1.96. The summed E-state index contributed by atoms with van der Waals surface area (Å²) in [5.41, 5.74) is 0.723. The standard InChI is InChI=1S/C12H11FN2OS/c1-7(16)10-11(17-12(14-2)15-10)8-5-3-4-6-9(8)13/h3-6H,1-2H3,(H,14,15). The predicted molar refractivity (Wildman–Crippen MR) is 67.1 cm³/mol. The maximum absolute atomic E-state index is 13.7. The van der Waals surface area contributed by atoms with Crippen LogP contribution in [-0.4, -0.2) is 17.8 Å². The number of benzene rings is 1. The van der Waals surface area contributed by atoms with Crippen LogP contribution in [0.15, 0.2) is 24.3 Å². The Morgan fingerprint density at radius 1 is 1.41 bits per heavy atom. The maximum Gasteiger partial charge on any atom is 0.183 e. The number of hydrogen-bond donors (Lipinski definition) is 1. The highest BCUT2D eigenvalue weighted by atomic mass is 32.1. The van der Waals surface area contributed by atoms with E-state index in [0.29, 0.717) is 21.3 Å². The lowest BCUT2D eigenvalue weighted by Gasteiger charge is -2.00. The van der Waals surface area contributed by atoms with Crippen LogP contribution in [0.1, 0.15) is 17.4 Å². The maximum atomic E-state index is 13.7. The Bertz CT molecular complexity index is 565. The molecule has 0 bridgehead atoms. The highest BCUT2D eigenvalue weighted by molar-refractivity contribution is 7.19. The molecule has 0 aliphatic heterocycles. The topological polar surface area (TPSA) is 42.0 Å². The van der Waals surface area contributed by atoms with Gasteiger partial charge in [-0.25, -0.2) is 9.37 Å². The first-order valence-corrected chi connectivity index (χ1v) is 5.89. The van der Waals surface area contributed by atoms with Crippen molar-refractivity contribution >= 4 is 22.3 Å².